The lowest BCUT2D eigenvalue weighted by atomic mass is 9.84. The van der Waals surface area contributed by atoms with Crippen molar-refractivity contribution in [1.29, 1.82) is 0 Å². The van der Waals surface area contributed by atoms with Gasteiger partial charge in [0.15, 0.2) is 11.5 Å². The van der Waals surface area contributed by atoms with Crippen LogP contribution in [0.2, 0.25) is 0 Å². The molecule has 1 heterocycles. The highest BCUT2D eigenvalue weighted by Gasteiger charge is 2.25. The van der Waals surface area contributed by atoms with Gasteiger partial charge in [-0.2, -0.15) is 0 Å². The Balaban J connectivity index is 1.41. The fourth-order valence-corrected chi connectivity index (χ4v) is 5.18. The summed E-state index contributed by atoms with van der Waals surface area (Å²) in [6.07, 6.45) is 13.8. The maximum atomic E-state index is 6.31. The maximum absolute atomic E-state index is 6.31. The summed E-state index contributed by atoms with van der Waals surface area (Å²) in [5.41, 5.74) is 1.28. The Morgan fingerprint density at radius 2 is 1.78 bits per heavy atom. The third-order valence-corrected chi connectivity index (χ3v) is 6.71. The van der Waals surface area contributed by atoms with Crippen molar-refractivity contribution in [2.45, 2.75) is 76.4 Å². The van der Waals surface area contributed by atoms with Crippen LogP contribution in [-0.4, -0.2) is 38.9 Å². The summed E-state index contributed by atoms with van der Waals surface area (Å²) < 4.78 is 11.9. The van der Waals surface area contributed by atoms with Crippen LogP contribution in [0.1, 0.15) is 64.2 Å². The Hall–Kier alpha value is -1.42. The predicted octanol–water partition coefficient (Wildman–Crippen LogP) is 4.77. The maximum Gasteiger partial charge on any atom is 0.163 e. The molecule has 2 saturated carbocycles. The normalized spacial score (nSPS) is 24.9. The molecule has 2 aliphatic carbocycles. The lowest BCUT2D eigenvalue weighted by Gasteiger charge is -2.37. The quantitative estimate of drug-likeness (QED) is 0.780. The van der Waals surface area contributed by atoms with Crippen molar-refractivity contribution in [2.24, 2.45) is 5.92 Å². The molecule has 150 valence electrons. The lowest BCUT2D eigenvalue weighted by Crippen LogP contribution is -2.51. The predicted molar refractivity (Wildman–Crippen MR) is 111 cm³/mol. The Morgan fingerprint density at radius 1 is 1.00 bits per heavy atom. The monoisotopic (exact) mass is 372 g/mol. The van der Waals surface area contributed by atoms with Crippen molar-refractivity contribution >= 4 is 5.69 Å². The van der Waals surface area contributed by atoms with E-state index in [0.717, 1.165) is 37.1 Å². The van der Waals surface area contributed by atoms with Crippen LogP contribution >= 0.6 is 0 Å². The van der Waals surface area contributed by atoms with E-state index in [-0.39, 0.29) is 0 Å². The molecule has 1 unspecified atom stereocenters. The molecule has 0 radical (unpaired) electrons. The third kappa shape index (κ3) is 4.90. The van der Waals surface area contributed by atoms with Crippen molar-refractivity contribution in [3.63, 3.8) is 0 Å². The summed E-state index contributed by atoms with van der Waals surface area (Å²) in [6, 6.07) is 7.10. The SMILES string of the molecule is COc1ccc(N2CCNC(CC3CCCCC3)C2)cc1OC1CCCC1. The van der Waals surface area contributed by atoms with Crippen LogP contribution < -0.4 is 19.7 Å². The lowest BCUT2D eigenvalue weighted by molar-refractivity contribution is 0.201. The largest absolute Gasteiger partial charge is 0.493 e. The van der Waals surface area contributed by atoms with Crippen LogP contribution in [-0.2, 0) is 0 Å². The minimum atomic E-state index is 0.358. The molecule has 4 rings (SSSR count). The summed E-state index contributed by atoms with van der Waals surface area (Å²) in [7, 11) is 1.74. The van der Waals surface area contributed by atoms with Gasteiger partial charge >= 0.3 is 0 Å². The average Bonchev–Trinajstić information content (AvgIpc) is 3.22. The molecule has 1 atom stereocenters. The van der Waals surface area contributed by atoms with Gasteiger partial charge in [-0.25, -0.2) is 0 Å². The van der Waals surface area contributed by atoms with Gasteiger partial charge in [0.05, 0.1) is 13.2 Å². The Bertz CT molecular complexity index is 594. The number of benzene rings is 1. The zero-order valence-electron chi connectivity index (χ0n) is 16.9. The first-order valence-electron chi connectivity index (χ1n) is 11.1. The molecule has 1 saturated heterocycles. The van der Waals surface area contributed by atoms with Gasteiger partial charge in [0.2, 0.25) is 0 Å². The minimum absolute atomic E-state index is 0.358. The van der Waals surface area contributed by atoms with E-state index >= 15 is 0 Å². The number of nitrogens with zero attached hydrogens (tertiary/aromatic N) is 1. The number of anilines is 1. The number of nitrogens with one attached hydrogen (secondary N) is 1. The van der Waals surface area contributed by atoms with Gasteiger partial charge < -0.3 is 19.7 Å². The molecule has 1 aliphatic heterocycles. The van der Waals surface area contributed by atoms with Crippen LogP contribution in [0.25, 0.3) is 0 Å². The number of methoxy groups -OCH3 is 1. The molecule has 0 spiro atoms. The first-order valence-corrected chi connectivity index (χ1v) is 11.1. The fourth-order valence-electron chi connectivity index (χ4n) is 5.18. The molecular formula is C23H36N2O2. The van der Waals surface area contributed by atoms with Crippen LogP contribution in [0, 0.1) is 5.92 Å². The van der Waals surface area contributed by atoms with Gasteiger partial charge in [-0.3, -0.25) is 0 Å². The molecular weight excluding hydrogens is 336 g/mol. The standard InChI is InChI=1S/C23H36N2O2/c1-26-22-12-11-20(16-23(22)27-21-9-5-6-10-21)25-14-13-24-19(17-25)15-18-7-3-2-4-8-18/h11-12,16,18-19,21,24H,2-10,13-15,17H2,1H3. The molecule has 0 amide bonds. The van der Waals surface area contributed by atoms with Gasteiger partial charge in [-0.1, -0.05) is 32.1 Å². The van der Waals surface area contributed by atoms with E-state index in [0.29, 0.717) is 12.1 Å². The van der Waals surface area contributed by atoms with E-state index < -0.39 is 0 Å². The van der Waals surface area contributed by atoms with Gasteiger partial charge in [-0.05, 0) is 50.2 Å². The zero-order valence-corrected chi connectivity index (χ0v) is 16.9. The van der Waals surface area contributed by atoms with Crippen molar-refractivity contribution in [2.75, 3.05) is 31.6 Å². The highest BCUT2D eigenvalue weighted by Crippen LogP contribution is 2.36. The Morgan fingerprint density at radius 3 is 2.56 bits per heavy atom. The molecule has 4 heteroatoms. The first-order chi connectivity index (χ1) is 13.3. The Labute approximate surface area is 164 Å². The number of hydrogen-bond donors (Lipinski definition) is 1. The molecule has 27 heavy (non-hydrogen) atoms. The van der Waals surface area contributed by atoms with Crippen molar-refractivity contribution < 1.29 is 9.47 Å². The molecule has 3 aliphatic rings. The van der Waals surface area contributed by atoms with Gasteiger partial charge in [0.25, 0.3) is 0 Å². The zero-order chi connectivity index (χ0) is 18.5. The second-order valence-corrected chi connectivity index (χ2v) is 8.70. The van der Waals surface area contributed by atoms with E-state index in [2.05, 4.69) is 28.4 Å². The van der Waals surface area contributed by atoms with Gasteiger partial charge in [-0.15, -0.1) is 0 Å². The summed E-state index contributed by atoms with van der Waals surface area (Å²) in [5, 5.41) is 3.76. The van der Waals surface area contributed by atoms with Crippen LogP contribution in [0.15, 0.2) is 18.2 Å². The van der Waals surface area contributed by atoms with Crippen molar-refractivity contribution in [1.82, 2.24) is 5.32 Å². The number of hydrogen-bond acceptors (Lipinski definition) is 4. The van der Waals surface area contributed by atoms with Gasteiger partial charge in [0, 0.05) is 37.4 Å². The second kappa shape index (κ2) is 9.18. The molecule has 1 aromatic rings. The highest BCUT2D eigenvalue weighted by molar-refractivity contribution is 5.57. The molecule has 0 aromatic heterocycles. The van der Waals surface area contributed by atoms with Crippen LogP contribution in [0.3, 0.4) is 0 Å². The smallest absolute Gasteiger partial charge is 0.163 e. The van der Waals surface area contributed by atoms with Crippen LogP contribution in [0.4, 0.5) is 5.69 Å². The van der Waals surface area contributed by atoms with Crippen molar-refractivity contribution in [3.05, 3.63) is 18.2 Å². The van der Waals surface area contributed by atoms with Crippen molar-refractivity contribution in [3.8, 4) is 11.5 Å². The fraction of sp³-hybridized carbons (Fsp3) is 0.739. The van der Waals surface area contributed by atoms with E-state index in [9.17, 15) is 0 Å². The van der Waals surface area contributed by atoms with Gasteiger partial charge in [0.1, 0.15) is 0 Å². The molecule has 0 bridgehead atoms. The molecule has 1 aromatic carbocycles. The minimum Gasteiger partial charge on any atom is -0.493 e. The first kappa shape index (κ1) is 18.9. The van der Waals surface area contributed by atoms with E-state index in [4.69, 9.17) is 9.47 Å². The molecule has 3 fully saturated rings. The third-order valence-electron chi connectivity index (χ3n) is 6.71. The highest BCUT2D eigenvalue weighted by atomic mass is 16.5. The van der Waals surface area contributed by atoms with Crippen LogP contribution in [0.5, 0.6) is 11.5 Å². The summed E-state index contributed by atoms with van der Waals surface area (Å²) in [4.78, 5) is 2.53. The summed E-state index contributed by atoms with van der Waals surface area (Å²) >= 11 is 0. The summed E-state index contributed by atoms with van der Waals surface area (Å²) in [6.45, 7) is 3.24. The number of rotatable bonds is 6. The van der Waals surface area contributed by atoms with E-state index in [1.807, 2.05) is 0 Å². The number of ether oxygens (including phenoxy) is 2. The topological polar surface area (TPSA) is 33.7 Å². The summed E-state index contributed by atoms with van der Waals surface area (Å²) in [5.74, 6) is 2.71. The van der Waals surface area contributed by atoms with E-state index in [1.54, 1.807) is 7.11 Å². The molecule has 1 N–H and O–H groups in total. The average molecular weight is 373 g/mol. The van der Waals surface area contributed by atoms with E-state index in [1.165, 1.54) is 69.9 Å². The number of piperazine rings is 1. The Kier molecular flexibility index (Phi) is 6.43. The molecule has 4 nitrogen and oxygen atoms in total. The second-order valence-electron chi connectivity index (χ2n) is 8.70.